The number of oxime groups is 1. The summed E-state index contributed by atoms with van der Waals surface area (Å²) in [6.45, 7) is 1.65. The van der Waals surface area contributed by atoms with E-state index in [1.54, 1.807) is 19.1 Å². The molecule has 25 heavy (non-hydrogen) atoms. The summed E-state index contributed by atoms with van der Waals surface area (Å²) in [5.74, 6) is -2.77. The van der Waals surface area contributed by atoms with E-state index in [1.807, 2.05) is 0 Å². The van der Waals surface area contributed by atoms with Gasteiger partial charge in [0.2, 0.25) is 6.10 Å². The van der Waals surface area contributed by atoms with E-state index in [0.717, 1.165) is 12.1 Å². The quantitative estimate of drug-likeness (QED) is 0.920. The number of hydrogen-bond donors (Lipinski definition) is 1. The smallest absolute Gasteiger partial charge is 0.264 e. The lowest BCUT2D eigenvalue weighted by Gasteiger charge is -2.16. The molecule has 0 saturated heterocycles. The summed E-state index contributed by atoms with van der Waals surface area (Å²) in [7, 11) is 0. The molecule has 1 heterocycles. The first-order valence-electron chi connectivity index (χ1n) is 7.68. The lowest BCUT2D eigenvalue weighted by atomic mass is 10.0. The van der Waals surface area contributed by atoms with Crippen molar-refractivity contribution < 1.29 is 22.8 Å². The van der Waals surface area contributed by atoms with Crippen LogP contribution in [-0.2, 0) is 9.63 Å². The fourth-order valence-corrected chi connectivity index (χ4v) is 2.53. The second kappa shape index (κ2) is 6.96. The van der Waals surface area contributed by atoms with Crippen molar-refractivity contribution in [2.75, 3.05) is 0 Å². The molecule has 0 aliphatic carbocycles. The van der Waals surface area contributed by atoms with Gasteiger partial charge in [0.15, 0.2) is 11.6 Å². The van der Waals surface area contributed by atoms with E-state index in [9.17, 15) is 18.0 Å². The molecule has 0 fully saturated rings. The van der Waals surface area contributed by atoms with Gasteiger partial charge in [-0.2, -0.15) is 0 Å². The maximum atomic E-state index is 13.3. The number of carbonyl (C=O) groups is 1. The summed E-state index contributed by atoms with van der Waals surface area (Å²) in [5, 5.41) is 6.50. The third-order valence-corrected chi connectivity index (χ3v) is 3.92. The monoisotopic (exact) mass is 348 g/mol. The first kappa shape index (κ1) is 17.0. The van der Waals surface area contributed by atoms with Crippen molar-refractivity contribution in [1.82, 2.24) is 5.32 Å². The Hall–Kier alpha value is -2.83. The summed E-state index contributed by atoms with van der Waals surface area (Å²) >= 11 is 0. The molecule has 1 aliphatic rings. The van der Waals surface area contributed by atoms with Gasteiger partial charge < -0.3 is 10.2 Å². The number of rotatable bonds is 4. The van der Waals surface area contributed by atoms with Crippen molar-refractivity contribution in [3.63, 3.8) is 0 Å². The zero-order valence-electron chi connectivity index (χ0n) is 13.3. The molecule has 0 radical (unpaired) electrons. The summed E-state index contributed by atoms with van der Waals surface area (Å²) in [5.41, 5.74) is 1.45. The second-order valence-corrected chi connectivity index (χ2v) is 5.75. The minimum Gasteiger partial charge on any atom is -0.382 e. The largest absolute Gasteiger partial charge is 0.382 e. The van der Waals surface area contributed by atoms with Crippen molar-refractivity contribution >= 4 is 11.6 Å². The zero-order valence-corrected chi connectivity index (χ0v) is 13.3. The zero-order chi connectivity index (χ0) is 18.0. The Morgan fingerprint density at radius 1 is 1.20 bits per heavy atom. The van der Waals surface area contributed by atoms with Crippen molar-refractivity contribution in [2.45, 2.75) is 25.5 Å². The Labute approximate surface area is 142 Å². The van der Waals surface area contributed by atoms with Crippen LogP contribution < -0.4 is 5.32 Å². The van der Waals surface area contributed by atoms with Crippen molar-refractivity contribution in [1.29, 1.82) is 0 Å². The highest BCUT2D eigenvalue weighted by atomic mass is 19.2. The molecule has 7 heteroatoms. The van der Waals surface area contributed by atoms with Gasteiger partial charge >= 0.3 is 0 Å². The van der Waals surface area contributed by atoms with Crippen LogP contribution in [-0.4, -0.2) is 17.7 Å². The molecular weight excluding hydrogens is 333 g/mol. The van der Waals surface area contributed by atoms with E-state index in [1.165, 1.54) is 18.2 Å². The predicted octanol–water partition coefficient (Wildman–Crippen LogP) is 3.47. The number of hydrogen-bond acceptors (Lipinski definition) is 3. The molecule has 0 aromatic heterocycles. The molecule has 1 amide bonds. The molecule has 4 nitrogen and oxygen atoms in total. The molecule has 1 aliphatic heterocycles. The third kappa shape index (κ3) is 3.81. The molecule has 2 aromatic rings. The normalized spacial score (nSPS) is 17.6. The number of amides is 1. The van der Waals surface area contributed by atoms with Crippen molar-refractivity contribution in [3.05, 3.63) is 71.0 Å². The second-order valence-electron chi connectivity index (χ2n) is 5.75. The van der Waals surface area contributed by atoms with E-state index in [0.29, 0.717) is 16.8 Å². The lowest BCUT2D eigenvalue weighted by Crippen LogP contribution is -2.36. The van der Waals surface area contributed by atoms with E-state index in [4.69, 9.17) is 4.84 Å². The Morgan fingerprint density at radius 3 is 2.72 bits per heavy atom. The number of benzene rings is 2. The van der Waals surface area contributed by atoms with Gasteiger partial charge in [-0.05, 0) is 36.8 Å². The molecule has 0 bridgehead atoms. The highest BCUT2D eigenvalue weighted by Gasteiger charge is 2.30. The van der Waals surface area contributed by atoms with Crippen LogP contribution in [0.25, 0.3) is 0 Å². The van der Waals surface area contributed by atoms with E-state index < -0.39 is 35.5 Å². The molecule has 130 valence electrons. The number of carbonyl (C=O) groups excluding carboxylic acids is 1. The van der Waals surface area contributed by atoms with Crippen LogP contribution in [0.4, 0.5) is 13.2 Å². The van der Waals surface area contributed by atoms with Crippen LogP contribution in [0.2, 0.25) is 0 Å². The topological polar surface area (TPSA) is 50.7 Å². The van der Waals surface area contributed by atoms with Crippen LogP contribution in [0.1, 0.15) is 30.5 Å². The van der Waals surface area contributed by atoms with E-state index in [2.05, 4.69) is 10.5 Å². The molecule has 0 unspecified atom stereocenters. The summed E-state index contributed by atoms with van der Waals surface area (Å²) in [4.78, 5) is 17.4. The first-order chi connectivity index (χ1) is 11.9. The van der Waals surface area contributed by atoms with Gasteiger partial charge in [-0.15, -0.1) is 0 Å². The lowest BCUT2D eigenvalue weighted by molar-refractivity contribution is -0.131. The molecule has 2 atom stereocenters. The highest BCUT2D eigenvalue weighted by Crippen LogP contribution is 2.20. The number of nitrogens with one attached hydrogen (secondary N) is 1. The predicted molar refractivity (Wildman–Crippen MR) is 85.3 cm³/mol. The summed E-state index contributed by atoms with van der Waals surface area (Å²) in [6.07, 6.45) is -0.661. The minimum absolute atomic E-state index is 0.194. The Bertz CT molecular complexity index is 839. The Balaban J connectivity index is 1.62. The molecule has 0 saturated carbocycles. The van der Waals surface area contributed by atoms with Gasteiger partial charge in [0.1, 0.15) is 5.82 Å². The standard InChI is InChI=1S/C18H15F3N2O2/c1-10(11-5-6-14(20)15(21)8-11)22-18(24)17-9-16(23-25-17)12-3-2-4-13(19)7-12/h2-8,10,17H,9H2,1H3,(H,22,24)/t10-,17+/m1/s1. The van der Waals surface area contributed by atoms with Gasteiger partial charge in [-0.3, -0.25) is 4.79 Å². The van der Waals surface area contributed by atoms with Gasteiger partial charge in [-0.25, -0.2) is 13.2 Å². The average Bonchev–Trinajstić information content (AvgIpc) is 3.07. The van der Waals surface area contributed by atoms with E-state index in [-0.39, 0.29) is 6.42 Å². The molecular formula is C18H15F3N2O2. The fraction of sp³-hybridized carbons (Fsp3) is 0.222. The Morgan fingerprint density at radius 2 is 2.00 bits per heavy atom. The molecule has 0 spiro atoms. The van der Waals surface area contributed by atoms with Crippen LogP contribution >= 0.6 is 0 Å². The number of halogens is 3. The Kier molecular flexibility index (Phi) is 4.74. The van der Waals surface area contributed by atoms with Gasteiger partial charge in [-0.1, -0.05) is 23.4 Å². The number of nitrogens with zero attached hydrogens (tertiary/aromatic N) is 1. The van der Waals surface area contributed by atoms with Gasteiger partial charge in [0, 0.05) is 12.0 Å². The molecule has 3 rings (SSSR count). The SMILES string of the molecule is C[C@@H](NC(=O)[C@@H]1CC(c2cccc(F)c2)=NO1)c1ccc(F)c(F)c1. The summed E-state index contributed by atoms with van der Waals surface area (Å²) in [6, 6.07) is 8.74. The first-order valence-corrected chi connectivity index (χ1v) is 7.68. The van der Waals surface area contributed by atoms with E-state index >= 15 is 0 Å². The third-order valence-electron chi connectivity index (χ3n) is 3.92. The van der Waals surface area contributed by atoms with Crippen LogP contribution in [0.5, 0.6) is 0 Å². The molecule has 1 N–H and O–H groups in total. The average molecular weight is 348 g/mol. The minimum atomic E-state index is -0.979. The summed E-state index contributed by atoms with van der Waals surface area (Å²) < 4.78 is 39.5. The van der Waals surface area contributed by atoms with Crippen molar-refractivity contribution in [3.8, 4) is 0 Å². The van der Waals surface area contributed by atoms with Crippen molar-refractivity contribution in [2.24, 2.45) is 5.16 Å². The van der Waals surface area contributed by atoms with Crippen LogP contribution in [0.15, 0.2) is 47.6 Å². The highest BCUT2D eigenvalue weighted by molar-refractivity contribution is 6.04. The maximum absolute atomic E-state index is 13.3. The van der Waals surface area contributed by atoms with Crippen LogP contribution in [0.3, 0.4) is 0 Å². The maximum Gasteiger partial charge on any atom is 0.264 e. The van der Waals surface area contributed by atoms with Gasteiger partial charge in [0.25, 0.3) is 5.91 Å². The fourth-order valence-electron chi connectivity index (χ4n) is 2.53. The van der Waals surface area contributed by atoms with Gasteiger partial charge in [0.05, 0.1) is 11.8 Å². The van der Waals surface area contributed by atoms with Crippen LogP contribution in [0, 0.1) is 17.5 Å². The molecule has 2 aromatic carbocycles.